The van der Waals surface area contributed by atoms with Crippen LogP contribution in [0.15, 0.2) is 47.8 Å². The largest absolute Gasteiger partial charge is 0.349 e. The number of benzene rings is 1. The summed E-state index contributed by atoms with van der Waals surface area (Å²) in [4.78, 5) is 27.4. The van der Waals surface area contributed by atoms with E-state index in [0.717, 1.165) is 17.7 Å². The smallest absolute Gasteiger partial charge is 0.251 e. The van der Waals surface area contributed by atoms with E-state index in [9.17, 15) is 9.59 Å². The zero-order valence-corrected chi connectivity index (χ0v) is 13.7. The van der Waals surface area contributed by atoms with Crippen LogP contribution in [0.3, 0.4) is 0 Å². The fourth-order valence-electron chi connectivity index (χ4n) is 2.81. The number of amides is 2. The predicted molar refractivity (Wildman–Crippen MR) is 91.5 cm³/mol. The lowest BCUT2D eigenvalue weighted by atomic mass is 10.0. The van der Waals surface area contributed by atoms with Crippen LogP contribution in [-0.4, -0.2) is 35.8 Å². The van der Waals surface area contributed by atoms with Gasteiger partial charge in [0.1, 0.15) is 0 Å². The number of likely N-dealkylation sites (tertiary alicyclic amines) is 1. The van der Waals surface area contributed by atoms with E-state index in [-0.39, 0.29) is 17.9 Å². The quantitative estimate of drug-likeness (QED) is 0.938. The molecule has 2 aromatic rings. The normalized spacial score (nSPS) is 15.4. The minimum atomic E-state index is -0.0334. The Balaban J connectivity index is 1.47. The van der Waals surface area contributed by atoms with Crippen LogP contribution in [0.25, 0.3) is 0 Å². The number of piperidine rings is 1. The Morgan fingerprint density at radius 1 is 1.09 bits per heavy atom. The Kier molecular flexibility index (Phi) is 5.08. The maximum atomic E-state index is 12.3. The van der Waals surface area contributed by atoms with Gasteiger partial charge in [0.25, 0.3) is 5.91 Å². The van der Waals surface area contributed by atoms with E-state index in [2.05, 4.69) is 5.32 Å². The van der Waals surface area contributed by atoms with Crippen molar-refractivity contribution in [2.45, 2.75) is 25.3 Å². The van der Waals surface area contributed by atoms with Crippen molar-refractivity contribution in [2.75, 3.05) is 13.1 Å². The number of nitrogens with zero attached hydrogens (tertiary/aromatic N) is 1. The van der Waals surface area contributed by atoms with Gasteiger partial charge in [-0.2, -0.15) is 0 Å². The highest BCUT2D eigenvalue weighted by molar-refractivity contribution is 7.10. The molecule has 0 bridgehead atoms. The molecule has 120 valence electrons. The van der Waals surface area contributed by atoms with Gasteiger partial charge in [-0.15, -0.1) is 11.3 Å². The number of thiophene rings is 1. The molecule has 4 nitrogen and oxygen atoms in total. The van der Waals surface area contributed by atoms with Crippen molar-refractivity contribution in [1.29, 1.82) is 0 Å². The standard InChI is InChI=1S/C18H20N2O2S/c21-17(13-16-7-4-12-23-16)20-10-8-15(9-11-20)19-18(22)14-5-2-1-3-6-14/h1-7,12,15H,8-11,13H2,(H,19,22). The molecule has 0 unspecified atom stereocenters. The van der Waals surface area contributed by atoms with Crippen LogP contribution in [0, 0.1) is 0 Å². The summed E-state index contributed by atoms with van der Waals surface area (Å²) in [5.74, 6) is 0.147. The molecule has 0 radical (unpaired) electrons. The van der Waals surface area contributed by atoms with Crippen LogP contribution in [0.5, 0.6) is 0 Å². The topological polar surface area (TPSA) is 49.4 Å². The zero-order chi connectivity index (χ0) is 16.1. The minimum absolute atomic E-state index is 0.0334. The van der Waals surface area contributed by atoms with Crippen LogP contribution in [0.1, 0.15) is 28.1 Å². The molecule has 5 heteroatoms. The second-order valence-corrected chi connectivity index (χ2v) is 6.78. The molecule has 2 amide bonds. The van der Waals surface area contributed by atoms with Crippen LogP contribution >= 0.6 is 11.3 Å². The van der Waals surface area contributed by atoms with Crippen molar-refractivity contribution >= 4 is 23.2 Å². The number of carbonyl (C=O) groups is 2. The maximum Gasteiger partial charge on any atom is 0.251 e. The van der Waals surface area contributed by atoms with Crippen molar-refractivity contribution in [1.82, 2.24) is 10.2 Å². The van der Waals surface area contributed by atoms with Crippen LogP contribution in [-0.2, 0) is 11.2 Å². The van der Waals surface area contributed by atoms with Gasteiger partial charge in [-0.25, -0.2) is 0 Å². The van der Waals surface area contributed by atoms with Gasteiger partial charge < -0.3 is 10.2 Å². The predicted octanol–water partition coefficient (Wildman–Crippen LogP) is 2.71. The van der Waals surface area contributed by atoms with Gasteiger partial charge in [0.15, 0.2) is 0 Å². The average Bonchev–Trinajstić information content (AvgIpc) is 3.09. The van der Waals surface area contributed by atoms with E-state index in [0.29, 0.717) is 25.1 Å². The van der Waals surface area contributed by atoms with Gasteiger partial charge in [-0.1, -0.05) is 24.3 Å². The lowest BCUT2D eigenvalue weighted by Crippen LogP contribution is -2.46. The molecule has 2 heterocycles. The Morgan fingerprint density at radius 2 is 1.83 bits per heavy atom. The molecule has 1 fully saturated rings. The zero-order valence-electron chi connectivity index (χ0n) is 12.9. The number of hydrogen-bond acceptors (Lipinski definition) is 3. The summed E-state index contributed by atoms with van der Waals surface area (Å²) in [6.07, 6.45) is 2.11. The minimum Gasteiger partial charge on any atom is -0.349 e. The number of rotatable bonds is 4. The van der Waals surface area contributed by atoms with Crippen molar-refractivity contribution < 1.29 is 9.59 Å². The van der Waals surface area contributed by atoms with Crippen LogP contribution in [0.2, 0.25) is 0 Å². The molecule has 23 heavy (non-hydrogen) atoms. The number of nitrogens with one attached hydrogen (secondary N) is 1. The van der Waals surface area contributed by atoms with Crippen molar-refractivity contribution in [3.05, 3.63) is 58.3 Å². The van der Waals surface area contributed by atoms with Gasteiger partial charge in [-0.3, -0.25) is 9.59 Å². The number of carbonyl (C=O) groups excluding carboxylic acids is 2. The third kappa shape index (κ3) is 4.20. The van der Waals surface area contributed by atoms with Gasteiger partial charge in [0, 0.05) is 29.6 Å². The van der Waals surface area contributed by atoms with E-state index in [1.54, 1.807) is 11.3 Å². The monoisotopic (exact) mass is 328 g/mol. The summed E-state index contributed by atoms with van der Waals surface area (Å²) >= 11 is 1.62. The first-order valence-electron chi connectivity index (χ1n) is 7.88. The number of hydrogen-bond donors (Lipinski definition) is 1. The molecule has 0 atom stereocenters. The fourth-order valence-corrected chi connectivity index (χ4v) is 3.50. The first-order valence-corrected chi connectivity index (χ1v) is 8.76. The third-order valence-electron chi connectivity index (χ3n) is 4.12. The molecular formula is C18H20N2O2S. The fraction of sp³-hybridized carbons (Fsp3) is 0.333. The molecule has 0 spiro atoms. The first-order chi connectivity index (χ1) is 11.2. The van der Waals surface area contributed by atoms with E-state index < -0.39 is 0 Å². The molecule has 1 N–H and O–H groups in total. The van der Waals surface area contributed by atoms with E-state index >= 15 is 0 Å². The molecular weight excluding hydrogens is 308 g/mol. The summed E-state index contributed by atoms with van der Waals surface area (Å²) in [7, 11) is 0. The lowest BCUT2D eigenvalue weighted by Gasteiger charge is -2.32. The van der Waals surface area contributed by atoms with Crippen molar-refractivity contribution in [3.63, 3.8) is 0 Å². The summed E-state index contributed by atoms with van der Waals surface area (Å²) in [6.45, 7) is 1.42. The highest BCUT2D eigenvalue weighted by Gasteiger charge is 2.24. The van der Waals surface area contributed by atoms with E-state index in [4.69, 9.17) is 0 Å². The molecule has 1 saturated heterocycles. The van der Waals surface area contributed by atoms with Gasteiger partial charge in [-0.05, 0) is 36.4 Å². The highest BCUT2D eigenvalue weighted by Crippen LogP contribution is 2.15. The molecule has 0 saturated carbocycles. The van der Waals surface area contributed by atoms with Crippen LogP contribution in [0.4, 0.5) is 0 Å². The maximum absolute atomic E-state index is 12.3. The Hall–Kier alpha value is -2.14. The molecule has 1 aromatic heterocycles. The Morgan fingerprint density at radius 3 is 2.48 bits per heavy atom. The van der Waals surface area contributed by atoms with Gasteiger partial charge in [0.05, 0.1) is 6.42 Å². The van der Waals surface area contributed by atoms with E-state index in [1.165, 1.54) is 0 Å². The SMILES string of the molecule is O=C(NC1CCN(C(=O)Cc2cccs2)CC1)c1ccccc1. The second-order valence-electron chi connectivity index (χ2n) is 5.75. The summed E-state index contributed by atoms with van der Waals surface area (Å²) < 4.78 is 0. The Bertz CT molecular complexity index is 647. The molecule has 0 aliphatic carbocycles. The summed E-state index contributed by atoms with van der Waals surface area (Å²) in [5.41, 5.74) is 0.684. The second kappa shape index (κ2) is 7.42. The molecule has 1 aliphatic heterocycles. The summed E-state index contributed by atoms with van der Waals surface area (Å²) in [5, 5.41) is 5.06. The molecule has 1 aromatic carbocycles. The van der Waals surface area contributed by atoms with Crippen LogP contribution < -0.4 is 5.32 Å². The molecule has 1 aliphatic rings. The van der Waals surface area contributed by atoms with Gasteiger partial charge in [0.2, 0.25) is 5.91 Å². The third-order valence-corrected chi connectivity index (χ3v) is 5.00. The van der Waals surface area contributed by atoms with Gasteiger partial charge >= 0.3 is 0 Å². The first kappa shape index (κ1) is 15.7. The Labute approximate surface area is 140 Å². The van der Waals surface area contributed by atoms with Crippen molar-refractivity contribution in [2.24, 2.45) is 0 Å². The summed E-state index contributed by atoms with van der Waals surface area (Å²) in [6, 6.07) is 13.4. The molecule has 3 rings (SSSR count). The average molecular weight is 328 g/mol. The lowest BCUT2D eigenvalue weighted by molar-refractivity contribution is -0.131. The van der Waals surface area contributed by atoms with Crippen molar-refractivity contribution in [3.8, 4) is 0 Å². The van der Waals surface area contributed by atoms with E-state index in [1.807, 2.05) is 52.7 Å². The highest BCUT2D eigenvalue weighted by atomic mass is 32.1.